The fraction of sp³-hybridized carbons (Fsp3) is 0.684. The molecular formula is C19H31NO. The molecule has 1 fully saturated rings. The summed E-state index contributed by atoms with van der Waals surface area (Å²) >= 11 is 0. The van der Waals surface area contributed by atoms with Crippen molar-refractivity contribution in [1.29, 1.82) is 0 Å². The summed E-state index contributed by atoms with van der Waals surface area (Å²) in [6.45, 7) is 7.55. The second-order valence-electron chi connectivity index (χ2n) is 7.52. The third kappa shape index (κ3) is 4.82. The summed E-state index contributed by atoms with van der Waals surface area (Å²) in [6.07, 6.45) is 6.34. The van der Waals surface area contributed by atoms with Crippen LogP contribution >= 0.6 is 0 Å². The average Bonchev–Trinajstić information content (AvgIpc) is 2.48. The first-order valence-electron chi connectivity index (χ1n) is 8.45. The van der Waals surface area contributed by atoms with Gasteiger partial charge in [0.15, 0.2) is 0 Å². The molecule has 1 atom stereocenters. The zero-order valence-corrected chi connectivity index (χ0v) is 13.9. The molecule has 2 nitrogen and oxygen atoms in total. The predicted octanol–water partition coefficient (Wildman–Crippen LogP) is 4.45. The van der Waals surface area contributed by atoms with E-state index in [0.29, 0.717) is 18.0 Å². The lowest BCUT2D eigenvalue weighted by molar-refractivity contribution is -0.0263. The second kappa shape index (κ2) is 6.93. The van der Waals surface area contributed by atoms with Crippen LogP contribution in [0.15, 0.2) is 30.3 Å². The lowest BCUT2D eigenvalue weighted by Gasteiger charge is -2.41. The molecule has 1 aliphatic carbocycles. The van der Waals surface area contributed by atoms with Gasteiger partial charge in [-0.25, -0.2) is 0 Å². The van der Waals surface area contributed by atoms with Gasteiger partial charge >= 0.3 is 0 Å². The van der Waals surface area contributed by atoms with Crippen molar-refractivity contribution in [1.82, 2.24) is 5.32 Å². The number of benzene rings is 1. The molecule has 118 valence electrons. The SMILES string of the molecule is CCCC(NCC1(O)CCC(C)(C)CC1)c1ccccc1. The molecular weight excluding hydrogens is 258 g/mol. The Bertz CT molecular complexity index is 416. The molecule has 0 aliphatic heterocycles. The van der Waals surface area contributed by atoms with Crippen LogP contribution in [0.1, 0.15) is 70.9 Å². The van der Waals surface area contributed by atoms with E-state index in [1.165, 1.54) is 5.56 Å². The molecule has 0 saturated heterocycles. The molecule has 0 radical (unpaired) electrons. The van der Waals surface area contributed by atoms with E-state index in [1.54, 1.807) is 0 Å². The molecule has 1 aromatic carbocycles. The number of hydrogen-bond donors (Lipinski definition) is 2. The van der Waals surface area contributed by atoms with E-state index in [1.807, 2.05) is 0 Å². The van der Waals surface area contributed by atoms with Crippen molar-refractivity contribution >= 4 is 0 Å². The summed E-state index contributed by atoms with van der Waals surface area (Å²) in [4.78, 5) is 0. The first kappa shape index (κ1) is 16.5. The molecule has 1 aromatic rings. The molecule has 21 heavy (non-hydrogen) atoms. The summed E-state index contributed by atoms with van der Waals surface area (Å²) in [5, 5.41) is 14.4. The van der Waals surface area contributed by atoms with Crippen molar-refractivity contribution in [3.8, 4) is 0 Å². The number of rotatable bonds is 6. The second-order valence-corrected chi connectivity index (χ2v) is 7.52. The van der Waals surface area contributed by atoms with E-state index in [-0.39, 0.29) is 0 Å². The quantitative estimate of drug-likeness (QED) is 0.811. The molecule has 1 saturated carbocycles. The zero-order valence-electron chi connectivity index (χ0n) is 13.9. The fourth-order valence-electron chi connectivity index (χ4n) is 3.24. The summed E-state index contributed by atoms with van der Waals surface area (Å²) in [6, 6.07) is 11.0. The lowest BCUT2D eigenvalue weighted by Crippen LogP contribution is -2.45. The highest BCUT2D eigenvalue weighted by Gasteiger charge is 2.36. The summed E-state index contributed by atoms with van der Waals surface area (Å²) in [7, 11) is 0. The van der Waals surface area contributed by atoms with Gasteiger partial charge in [0.1, 0.15) is 0 Å². The highest BCUT2D eigenvalue weighted by atomic mass is 16.3. The molecule has 1 aliphatic rings. The maximum atomic E-state index is 10.8. The Hall–Kier alpha value is -0.860. The molecule has 1 unspecified atom stereocenters. The van der Waals surface area contributed by atoms with Gasteiger partial charge in [-0.3, -0.25) is 0 Å². The Labute approximate surface area is 130 Å². The van der Waals surface area contributed by atoms with Gasteiger partial charge in [-0.1, -0.05) is 57.5 Å². The molecule has 0 heterocycles. The zero-order chi connectivity index (χ0) is 15.3. The number of nitrogens with one attached hydrogen (secondary N) is 1. The standard InChI is InChI=1S/C19H31NO/c1-4-8-17(16-9-6-5-7-10-16)20-15-19(21)13-11-18(2,3)12-14-19/h5-7,9-10,17,20-21H,4,8,11-15H2,1-3H3. The van der Waals surface area contributed by atoms with E-state index < -0.39 is 5.60 Å². The largest absolute Gasteiger partial charge is 0.389 e. The Morgan fingerprint density at radius 3 is 2.29 bits per heavy atom. The van der Waals surface area contributed by atoms with Crippen LogP contribution < -0.4 is 5.32 Å². The van der Waals surface area contributed by atoms with Crippen molar-refractivity contribution < 1.29 is 5.11 Å². The molecule has 0 bridgehead atoms. The van der Waals surface area contributed by atoms with Gasteiger partial charge in [-0.05, 0) is 43.1 Å². The molecule has 0 amide bonds. The van der Waals surface area contributed by atoms with Gasteiger partial charge in [0.2, 0.25) is 0 Å². The third-order valence-electron chi connectivity index (χ3n) is 4.99. The van der Waals surface area contributed by atoms with Gasteiger partial charge in [0, 0.05) is 12.6 Å². The fourth-order valence-corrected chi connectivity index (χ4v) is 3.24. The highest BCUT2D eigenvalue weighted by molar-refractivity contribution is 5.19. The Balaban J connectivity index is 1.93. The van der Waals surface area contributed by atoms with E-state index in [0.717, 1.165) is 38.5 Å². The first-order chi connectivity index (χ1) is 9.94. The van der Waals surface area contributed by atoms with Crippen molar-refractivity contribution in [2.24, 2.45) is 5.41 Å². The predicted molar refractivity (Wildman–Crippen MR) is 89.3 cm³/mol. The average molecular weight is 289 g/mol. The smallest absolute Gasteiger partial charge is 0.0772 e. The maximum absolute atomic E-state index is 10.8. The van der Waals surface area contributed by atoms with Crippen LogP contribution in [0.5, 0.6) is 0 Å². The monoisotopic (exact) mass is 289 g/mol. The topological polar surface area (TPSA) is 32.3 Å². The van der Waals surface area contributed by atoms with Crippen molar-refractivity contribution in [2.75, 3.05) is 6.54 Å². The van der Waals surface area contributed by atoms with Gasteiger partial charge in [-0.2, -0.15) is 0 Å². The Kier molecular flexibility index (Phi) is 5.45. The molecule has 0 aromatic heterocycles. The van der Waals surface area contributed by atoms with Crippen molar-refractivity contribution in [3.63, 3.8) is 0 Å². The van der Waals surface area contributed by atoms with Gasteiger partial charge in [-0.15, -0.1) is 0 Å². The Morgan fingerprint density at radius 1 is 1.10 bits per heavy atom. The maximum Gasteiger partial charge on any atom is 0.0772 e. The Morgan fingerprint density at radius 2 is 1.71 bits per heavy atom. The van der Waals surface area contributed by atoms with Crippen LogP contribution in [-0.4, -0.2) is 17.3 Å². The van der Waals surface area contributed by atoms with Crippen LogP contribution in [-0.2, 0) is 0 Å². The van der Waals surface area contributed by atoms with Crippen molar-refractivity contribution in [3.05, 3.63) is 35.9 Å². The number of aliphatic hydroxyl groups is 1. The molecule has 2 N–H and O–H groups in total. The van der Waals surface area contributed by atoms with Crippen molar-refractivity contribution in [2.45, 2.75) is 70.9 Å². The van der Waals surface area contributed by atoms with E-state index in [9.17, 15) is 5.11 Å². The van der Waals surface area contributed by atoms with Gasteiger partial charge < -0.3 is 10.4 Å². The highest BCUT2D eigenvalue weighted by Crippen LogP contribution is 2.40. The summed E-state index contributed by atoms with van der Waals surface area (Å²) < 4.78 is 0. The summed E-state index contributed by atoms with van der Waals surface area (Å²) in [5.74, 6) is 0. The minimum atomic E-state index is -0.518. The van der Waals surface area contributed by atoms with E-state index >= 15 is 0 Å². The van der Waals surface area contributed by atoms with Crippen LogP contribution in [0.3, 0.4) is 0 Å². The van der Waals surface area contributed by atoms with Crippen LogP contribution in [0.25, 0.3) is 0 Å². The van der Waals surface area contributed by atoms with E-state index in [2.05, 4.69) is 56.4 Å². The van der Waals surface area contributed by atoms with Gasteiger partial charge in [0.25, 0.3) is 0 Å². The minimum absolute atomic E-state index is 0.357. The number of hydrogen-bond acceptors (Lipinski definition) is 2. The third-order valence-corrected chi connectivity index (χ3v) is 4.99. The normalized spacial score (nSPS) is 21.9. The summed E-state index contributed by atoms with van der Waals surface area (Å²) in [5.41, 5.74) is 1.21. The van der Waals surface area contributed by atoms with Crippen LogP contribution in [0, 0.1) is 5.41 Å². The van der Waals surface area contributed by atoms with Gasteiger partial charge in [0.05, 0.1) is 5.60 Å². The van der Waals surface area contributed by atoms with Crippen LogP contribution in [0.4, 0.5) is 0 Å². The minimum Gasteiger partial charge on any atom is -0.389 e. The molecule has 2 rings (SSSR count). The van der Waals surface area contributed by atoms with E-state index in [4.69, 9.17) is 0 Å². The first-order valence-corrected chi connectivity index (χ1v) is 8.45. The van der Waals surface area contributed by atoms with Crippen LogP contribution in [0.2, 0.25) is 0 Å². The molecule has 2 heteroatoms. The lowest BCUT2D eigenvalue weighted by atomic mass is 9.71. The molecule has 0 spiro atoms.